The molecule has 1 heterocycles. The Kier molecular flexibility index (Phi) is 2.86. The van der Waals surface area contributed by atoms with E-state index in [0.29, 0.717) is 4.73 Å². The van der Waals surface area contributed by atoms with Crippen LogP contribution in [0.25, 0.3) is 11.4 Å². The minimum atomic E-state index is 0.627. The highest BCUT2D eigenvalue weighted by molar-refractivity contribution is 9.10. The van der Waals surface area contributed by atoms with Crippen LogP contribution < -0.4 is 0 Å². The van der Waals surface area contributed by atoms with Gasteiger partial charge in [0.15, 0.2) is 5.82 Å². The predicted octanol–water partition coefficient (Wildman–Crippen LogP) is 2.81. The molecule has 2 aromatic rings. The van der Waals surface area contributed by atoms with E-state index in [1.165, 1.54) is 5.56 Å². The first-order chi connectivity index (χ1) is 7.20. The summed E-state index contributed by atoms with van der Waals surface area (Å²) in [5.41, 5.74) is 2.42. The van der Waals surface area contributed by atoms with Gasteiger partial charge >= 0.3 is 0 Å². The Bertz CT molecular complexity index is 476. The molecular weight excluding hydrogens is 254 g/mol. The highest BCUT2D eigenvalue weighted by Crippen LogP contribution is 2.19. The molecule has 0 spiro atoms. The molecule has 0 aliphatic carbocycles. The zero-order valence-electron chi connectivity index (χ0n) is 8.74. The molecule has 3 nitrogen and oxygen atoms in total. The molecule has 0 saturated heterocycles. The van der Waals surface area contributed by atoms with Gasteiger partial charge in [0.25, 0.3) is 0 Å². The second-order valence-corrected chi connectivity index (χ2v) is 4.09. The van der Waals surface area contributed by atoms with Crippen molar-refractivity contribution in [2.75, 3.05) is 0 Å². The lowest BCUT2D eigenvalue weighted by atomic mass is 10.1. The van der Waals surface area contributed by atoms with Crippen molar-refractivity contribution in [3.05, 3.63) is 34.6 Å². The maximum atomic E-state index is 4.32. The molecule has 2 rings (SSSR count). The Hall–Kier alpha value is -1.16. The van der Waals surface area contributed by atoms with Gasteiger partial charge in [-0.25, -0.2) is 9.67 Å². The first kappa shape index (κ1) is 10.4. The Morgan fingerprint density at radius 1 is 1.40 bits per heavy atom. The monoisotopic (exact) mass is 265 g/mol. The highest BCUT2D eigenvalue weighted by Gasteiger charge is 2.07. The Morgan fingerprint density at radius 3 is 2.80 bits per heavy atom. The molecule has 1 aromatic carbocycles. The van der Waals surface area contributed by atoms with Crippen LogP contribution in [-0.4, -0.2) is 14.8 Å². The number of hydrogen-bond acceptors (Lipinski definition) is 2. The summed E-state index contributed by atoms with van der Waals surface area (Å²) in [5.74, 6) is 0.886. The molecule has 0 N–H and O–H groups in total. The number of benzene rings is 1. The van der Waals surface area contributed by atoms with Crippen molar-refractivity contribution in [2.45, 2.75) is 13.3 Å². The number of aryl methyl sites for hydroxylation is 2. The fourth-order valence-electron chi connectivity index (χ4n) is 1.53. The van der Waals surface area contributed by atoms with E-state index in [2.05, 4.69) is 57.2 Å². The smallest absolute Gasteiger partial charge is 0.217 e. The first-order valence-corrected chi connectivity index (χ1v) is 5.66. The van der Waals surface area contributed by atoms with E-state index < -0.39 is 0 Å². The zero-order valence-corrected chi connectivity index (χ0v) is 10.3. The number of hydrogen-bond donors (Lipinski definition) is 0. The van der Waals surface area contributed by atoms with Gasteiger partial charge in [0.1, 0.15) is 0 Å². The summed E-state index contributed by atoms with van der Waals surface area (Å²) in [6, 6.07) is 8.37. The zero-order chi connectivity index (χ0) is 10.8. The third-order valence-electron chi connectivity index (χ3n) is 2.33. The highest BCUT2D eigenvalue weighted by atomic mass is 79.9. The van der Waals surface area contributed by atoms with Gasteiger partial charge in [-0.15, -0.1) is 5.10 Å². The van der Waals surface area contributed by atoms with Crippen molar-refractivity contribution < 1.29 is 0 Å². The minimum absolute atomic E-state index is 0.627. The van der Waals surface area contributed by atoms with Gasteiger partial charge in [-0.3, -0.25) is 0 Å². The van der Waals surface area contributed by atoms with Crippen LogP contribution in [0.15, 0.2) is 29.0 Å². The second-order valence-electron chi connectivity index (χ2n) is 3.38. The lowest BCUT2D eigenvalue weighted by molar-refractivity contribution is 0.768. The topological polar surface area (TPSA) is 30.7 Å². The molecule has 0 aliphatic heterocycles. The molecule has 0 unspecified atom stereocenters. The molecule has 0 fully saturated rings. The Labute approximate surface area is 97.3 Å². The van der Waals surface area contributed by atoms with Crippen molar-refractivity contribution in [3.63, 3.8) is 0 Å². The van der Waals surface area contributed by atoms with Crippen LogP contribution in [0.1, 0.15) is 12.5 Å². The summed E-state index contributed by atoms with van der Waals surface area (Å²) in [6.07, 6.45) is 1.03. The molecule has 0 amide bonds. The predicted molar refractivity (Wildman–Crippen MR) is 63.5 cm³/mol. The quantitative estimate of drug-likeness (QED) is 0.836. The Morgan fingerprint density at radius 2 is 2.20 bits per heavy atom. The van der Waals surface area contributed by atoms with Crippen molar-refractivity contribution in [2.24, 2.45) is 7.05 Å². The van der Waals surface area contributed by atoms with Crippen molar-refractivity contribution >= 4 is 15.9 Å². The minimum Gasteiger partial charge on any atom is -0.248 e. The second kappa shape index (κ2) is 4.14. The molecule has 0 radical (unpaired) electrons. The summed E-state index contributed by atoms with van der Waals surface area (Å²) in [5, 5.41) is 4.17. The van der Waals surface area contributed by atoms with Crippen molar-refractivity contribution in [3.8, 4) is 11.4 Å². The molecular formula is C11H12BrN3. The van der Waals surface area contributed by atoms with E-state index in [1.54, 1.807) is 4.68 Å². The van der Waals surface area contributed by atoms with Crippen LogP contribution in [0.3, 0.4) is 0 Å². The molecule has 0 atom stereocenters. The van der Waals surface area contributed by atoms with Gasteiger partial charge < -0.3 is 0 Å². The third kappa shape index (κ3) is 2.09. The molecule has 0 aliphatic rings. The number of aromatic nitrogens is 3. The van der Waals surface area contributed by atoms with Gasteiger partial charge in [-0.1, -0.05) is 25.1 Å². The van der Waals surface area contributed by atoms with E-state index in [4.69, 9.17) is 0 Å². The first-order valence-electron chi connectivity index (χ1n) is 4.86. The standard InChI is InChI=1S/C11H12BrN3/c1-3-8-5-4-6-9(7-8)10-13-11(12)14-15(10)2/h4-7H,3H2,1-2H3. The fourth-order valence-corrected chi connectivity index (χ4v) is 1.94. The third-order valence-corrected chi connectivity index (χ3v) is 2.67. The van der Waals surface area contributed by atoms with Crippen LogP contribution in [0, 0.1) is 0 Å². The van der Waals surface area contributed by atoms with E-state index in [-0.39, 0.29) is 0 Å². The van der Waals surface area contributed by atoms with Gasteiger partial charge in [0.2, 0.25) is 4.73 Å². The van der Waals surface area contributed by atoms with E-state index in [0.717, 1.165) is 17.8 Å². The average molecular weight is 266 g/mol. The normalized spacial score (nSPS) is 10.6. The van der Waals surface area contributed by atoms with Gasteiger partial charge in [-0.2, -0.15) is 0 Å². The van der Waals surface area contributed by atoms with Gasteiger partial charge in [-0.05, 0) is 34.0 Å². The van der Waals surface area contributed by atoms with Gasteiger partial charge in [0.05, 0.1) is 0 Å². The van der Waals surface area contributed by atoms with Crippen LogP contribution in [-0.2, 0) is 13.5 Å². The van der Waals surface area contributed by atoms with E-state index in [9.17, 15) is 0 Å². The van der Waals surface area contributed by atoms with Crippen molar-refractivity contribution in [1.82, 2.24) is 14.8 Å². The summed E-state index contributed by atoms with van der Waals surface area (Å²) >= 11 is 3.27. The maximum absolute atomic E-state index is 4.32. The maximum Gasteiger partial charge on any atom is 0.217 e. The summed E-state index contributed by atoms with van der Waals surface area (Å²) < 4.78 is 2.40. The summed E-state index contributed by atoms with van der Waals surface area (Å²) in [7, 11) is 1.89. The summed E-state index contributed by atoms with van der Waals surface area (Å²) in [4.78, 5) is 4.32. The van der Waals surface area contributed by atoms with Crippen molar-refractivity contribution in [1.29, 1.82) is 0 Å². The number of nitrogens with zero attached hydrogens (tertiary/aromatic N) is 3. The molecule has 15 heavy (non-hydrogen) atoms. The molecule has 0 bridgehead atoms. The fraction of sp³-hybridized carbons (Fsp3) is 0.273. The van der Waals surface area contributed by atoms with Crippen LogP contribution in [0.5, 0.6) is 0 Å². The molecule has 0 saturated carbocycles. The summed E-state index contributed by atoms with van der Waals surface area (Å²) in [6.45, 7) is 2.14. The number of rotatable bonds is 2. The van der Waals surface area contributed by atoms with Crippen LogP contribution >= 0.6 is 15.9 Å². The SMILES string of the molecule is CCc1cccc(-c2nc(Br)nn2C)c1. The van der Waals surface area contributed by atoms with Gasteiger partial charge in [0, 0.05) is 12.6 Å². The molecule has 4 heteroatoms. The van der Waals surface area contributed by atoms with Crippen LogP contribution in [0.2, 0.25) is 0 Å². The Balaban J connectivity index is 2.49. The number of halogens is 1. The average Bonchev–Trinajstić information content (AvgIpc) is 2.58. The van der Waals surface area contributed by atoms with E-state index >= 15 is 0 Å². The van der Waals surface area contributed by atoms with E-state index in [1.807, 2.05) is 7.05 Å². The lowest BCUT2D eigenvalue weighted by Crippen LogP contribution is -1.94. The lowest BCUT2D eigenvalue weighted by Gasteiger charge is -2.02. The largest absolute Gasteiger partial charge is 0.248 e. The molecule has 78 valence electrons. The molecule has 1 aromatic heterocycles. The van der Waals surface area contributed by atoms with Crippen LogP contribution in [0.4, 0.5) is 0 Å².